The van der Waals surface area contributed by atoms with E-state index in [1.165, 1.54) is 0 Å². The molecule has 2 aliphatic rings. The molecule has 0 radical (unpaired) electrons. The van der Waals surface area contributed by atoms with Gasteiger partial charge in [-0.25, -0.2) is 4.99 Å². The predicted molar refractivity (Wildman–Crippen MR) is 45.8 cm³/mol. The molecule has 2 N–H and O–H groups in total. The van der Waals surface area contributed by atoms with Gasteiger partial charge in [-0.1, -0.05) is 0 Å². The van der Waals surface area contributed by atoms with Crippen molar-refractivity contribution in [2.75, 3.05) is 13.1 Å². The zero-order chi connectivity index (χ0) is 9.26. The first-order valence-corrected chi connectivity index (χ1v) is 4.41. The van der Waals surface area contributed by atoms with Crippen molar-refractivity contribution >= 4 is 11.9 Å². The third kappa shape index (κ3) is 1.80. The fourth-order valence-corrected chi connectivity index (χ4v) is 1.62. The Morgan fingerprint density at radius 1 is 1.69 bits per heavy atom. The first-order valence-electron chi connectivity index (χ1n) is 4.41. The molecule has 1 saturated heterocycles. The summed E-state index contributed by atoms with van der Waals surface area (Å²) in [4.78, 5) is 14.6. The molecule has 13 heavy (non-hydrogen) atoms. The van der Waals surface area contributed by atoms with Crippen LogP contribution in [0.15, 0.2) is 4.99 Å². The molecule has 72 valence electrons. The van der Waals surface area contributed by atoms with Crippen molar-refractivity contribution in [1.82, 2.24) is 5.32 Å². The maximum atomic E-state index is 10.3. The Bertz CT molecular complexity index is 252. The lowest BCUT2D eigenvalue weighted by Crippen LogP contribution is -2.20. The summed E-state index contributed by atoms with van der Waals surface area (Å²) in [6.07, 6.45) is 0.664. The van der Waals surface area contributed by atoms with Gasteiger partial charge in [-0.3, -0.25) is 4.79 Å². The zero-order valence-electron chi connectivity index (χ0n) is 7.19. The van der Waals surface area contributed by atoms with Crippen molar-refractivity contribution in [2.45, 2.75) is 25.0 Å². The summed E-state index contributed by atoms with van der Waals surface area (Å²) in [7, 11) is 0. The van der Waals surface area contributed by atoms with E-state index in [0.29, 0.717) is 12.3 Å². The lowest BCUT2D eigenvalue weighted by Gasteiger charge is -2.06. The quantitative estimate of drug-likeness (QED) is 0.627. The van der Waals surface area contributed by atoms with Crippen LogP contribution in [-0.4, -0.2) is 42.2 Å². The van der Waals surface area contributed by atoms with Crippen LogP contribution >= 0.6 is 0 Å². The fourth-order valence-electron chi connectivity index (χ4n) is 1.62. The fraction of sp³-hybridized carbons (Fsp3) is 0.750. The summed E-state index contributed by atoms with van der Waals surface area (Å²) in [5, 5.41) is 11.6. The summed E-state index contributed by atoms with van der Waals surface area (Å²) in [6.45, 7) is 1.67. The maximum Gasteiger partial charge on any atom is 0.303 e. The third-order valence-corrected chi connectivity index (χ3v) is 2.28. The van der Waals surface area contributed by atoms with E-state index in [2.05, 4.69) is 10.3 Å². The number of hydrogen-bond donors (Lipinski definition) is 2. The van der Waals surface area contributed by atoms with E-state index in [1.807, 2.05) is 0 Å². The smallest absolute Gasteiger partial charge is 0.303 e. The van der Waals surface area contributed by atoms with Crippen LogP contribution in [-0.2, 0) is 9.53 Å². The number of hydrogen-bond acceptors (Lipinski definition) is 4. The summed E-state index contributed by atoms with van der Waals surface area (Å²) >= 11 is 0. The molecule has 0 aliphatic carbocycles. The molecule has 0 saturated carbocycles. The van der Waals surface area contributed by atoms with E-state index in [9.17, 15) is 4.79 Å². The number of nitrogens with zero attached hydrogens (tertiary/aromatic N) is 1. The second-order valence-electron chi connectivity index (χ2n) is 3.30. The van der Waals surface area contributed by atoms with Crippen LogP contribution in [0.4, 0.5) is 0 Å². The molecule has 2 unspecified atom stereocenters. The Kier molecular flexibility index (Phi) is 2.18. The van der Waals surface area contributed by atoms with Crippen molar-refractivity contribution in [3.05, 3.63) is 0 Å². The van der Waals surface area contributed by atoms with Gasteiger partial charge in [-0.15, -0.1) is 0 Å². The third-order valence-electron chi connectivity index (χ3n) is 2.28. The van der Waals surface area contributed by atoms with Crippen molar-refractivity contribution in [3.63, 3.8) is 0 Å². The van der Waals surface area contributed by atoms with E-state index in [4.69, 9.17) is 9.84 Å². The monoisotopic (exact) mass is 184 g/mol. The predicted octanol–water partition coefficient (Wildman–Crippen LogP) is -0.380. The van der Waals surface area contributed by atoms with Crippen LogP contribution in [0, 0.1) is 0 Å². The minimum Gasteiger partial charge on any atom is -0.481 e. The Hall–Kier alpha value is -1.10. The van der Waals surface area contributed by atoms with Gasteiger partial charge in [0.25, 0.3) is 0 Å². The number of carbonyl (C=O) groups is 1. The van der Waals surface area contributed by atoms with Gasteiger partial charge >= 0.3 is 5.97 Å². The number of aliphatic imine (C=N–C) groups is 1. The largest absolute Gasteiger partial charge is 0.481 e. The molecule has 5 heteroatoms. The molecular formula is C8H12N2O3. The first kappa shape index (κ1) is 8.50. The van der Waals surface area contributed by atoms with E-state index in [0.717, 1.165) is 13.1 Å². The second-order valence-corrected chi connectivity index (χ2v) is 3.30. The Balaban J connectivity index is 1.85. The van der Waals surface area contributed by atoms with Crippen molar-refractivity contribution < 1.29 is 14.6 Å². The molecule has 5 nitrogen and oxygen atoms in total. The van der Waals surface area contributed by atoms with E-state index < -0.39 is 5.97 Å². The number of nitrogens with one attached hydrogen (secondary N) is 1. The van der Waals surface area contributed by atoms with Gasteiger partial charge in [-0.2, -0.15) is 0 Å². The van der Waals surface area contributed by atoms with Crippen molar-refractivity contribution in [1.29, 1.82) is 0 Å². The molecule has 0 amide bonds. The van der Waals surface area contributed by atoms with Crippen LogP contribution in [0.25, 0.3) is 0 Å². The Labute approximate surface area is 75.8 Å². The van der Waals surface area contributed by atoms with Crippen LogP contribution < -0.4 is 5.32 Å². The molecule has 2 rings (SSSR count). The van der Waals surface area contributed by atoms with E-state index in [1.54, 1.807) is 0 Å². The molecule has 1 fully saturated rings. The van der Waals surface area contributed by atoms with Gasteiger partial charge in [0.2, 0.25) is 0 Å². The van der Waals surface area contributed by atoms with E-state index in [-0.39, 0.29) is 18.6 Å². The molecule has 0 aromatic heterocycles. The van der Waals surface area contributed by atoms with Crippen molar-refractivity contribution in [2.24, 2.45) is 4.99 Å². The maximum absolute atomic E-state index is 10.3. The Morgan fingerprint density at radius 2 is 2.54 bits per heavy atom. The molecule has 0 aromatic carbocycles. The first-order chi connectivity index (χ1) is 6.25. The highest BCUT2D eigenvalue weighted by atomic mass is 16.5. The summed E-state index contributed by atoms with van der Waals surface area (Å²) in [5.41, 5.74) is 0. The van der Waals surface area contributed by atoms with Gasteiger partial charge < -0.3 is 15.2 Å². The Morgan fingerprint density at radius 3 is 3.23 bits per heavy atom. The van der Waals surface area contributed by atoms with Crippen molar-refractivity contribution in [3.8, 4) is 0 Å². The number of carboxylic acid groups (broad SMARTS) is 1. The van der Waals surface area contributed by atoms with Gasteiger partial charge in [0.15, 0.2) is 5.90 Å². The number of carboxylic acids is 1. The molecule has 2 aliphatic heterocycles. The van der Waals surface area contributed by atoms with Gasteiger partial charge in [0, 0.05) is 19.5 Å². The van der Waals surface area contributed by atoms with Gasteiger partial charge in [0.1, 0.15) is 12.1 Å². The number of ether oxygens (including phenoxy) is 1. The minimum absolute atomic E-state index is 0.103. The number of aliphatic carboxylic acids is 1. The normalized spacial score (nSPS) is 30.9. The second kappa shape index (κ2) is 3.33. The van der Waals surface area contributed by atoms with Crippen LogP contribution in [0.5, 0.6) is 0 Å². The lowest BCUT2D eigenvalue weighted by atomic mass is 10.2. The topological polar surface area (TPSA) is 70.9 Å². The standard InChI is InChI=1S/C8H12N2O3/c11-8(12)2-1-7-10-5-3-9-4-6(5)13-7/h5-6,9H,1-4H2,(H,11,12). The number of rotatable bonds is 3. The molecule has 0 bridgehead atoms. The average molecular weight is 184 g/mol. The summed E-state index contributed by atoms with van der Waals surface area (Å²) in [6, 6.07) is 0.212. The molecular weight excluding hydrogens is 172 g/mol. The highest BCUT2D eigenvalue weighted by Crippen LogP contribution is 2.18. The van der Waals surface area contributed by atoms with E-state index >= 15 is 0 Å². The zero-order valence-corrected chi connectivity index (χ0v) is 7.19. The van der Waals surface area contributed by atoms with Crippen LogP contribution in [0.3, 0.4) is 0 Å². The van der Waals surface area contributed by atoms with Gasteiger partial charge in [-0.05, 0) is 0 Å². The molecule has 0 aromatic rings. The molecule has 0 spiro atoms. The highest BCUT2D eigenvalue weighted by Gasteiger charge is 2.34. The van der Waals surface area contributed by atoms with Crippen LogP contribution in [0.1, 0.15) is 12.8 Å². The summed E-state index contributed by atoms with van der Waals surface area (Å²) < 4.78 is 5.46. The molecule has 2 heterocycles. The average Bonchev–Trinajstić information content (AvgIpc) is 2.58. The van der Waals surface area contributed by atoms with Crippen LogP contribution in [0.2, 0.25) is 0 Å². The molecule has 2 atom stereocenters. The lowest BCUT2D eigenvalue weighted by molar-refractivity contribution is -0.136. The number of fused-ring (bicyclic) bond motifs is 1. The highest BCUT2D eigenvalue weighted by molar-refractivity contribution is 5.82. The SMILES string of the molecule is O=C(O)CCC1=NC2CNCC2O1. The summed E-state index contributed by atoms with van der Waals surface area (Å²) in [5.74, 6) is -0.194. The van der Waals surface area contributed by atoms with Gasteiger partial charge in [0.05, 0.1) is 6.42 Å². The minimum atomic E-state index is -0.804.